The van der Waals surface area contributed by atoms with Crippen LogP contribution < -0.4 is 5.32 Å². The summed E-state index contributed by atoms with van der Waals surface area (Å²) in [5.41, 5.74) is 1.83. The number of carbonyl (C=O) groups excluding carboxylic acids is 1. The number of aromatic nitrogens is 2. The van der Waals surface area contributed by atoms with Gasteiger partial charge in [0, 0.05) is 31.4 Å². The molecule has 5 atom stereocenters. The second kappa shape index (κ2) is 7.18. The van der Waals surface area contributed by atoms with Crippen molar-refractivity contribution in [3.8, 4) is 0 Å². The minimum Gasteiger partial charge on any atom is -0.461 e. The Morgan fingerprint density at radius 1 is 1.46 bits per heavy atom. The summed E-state index contributed by atoms with van der Waals surface area (Å²) in [7, 11) is 0. The number of nitrogens with zero attached hydrogens (tertiary/aromatic N) is 2. The third-order valence-electron chi connectivity index (χ3n) is 6.77. The fourth-order valence-corrected chi connectivity index (χ4v) is 5.35. The first-order chi connectivity index (χ1) is 12.6. The number of allylic oxidation sites excluding steroid dienone is 1. The van der Waals surface area contributed by atoms with E-state index in [9.17, 15) is 4.79 Å². The topological polar surface area (TPSA) is 56.1 Å². The van der Waals surface area contributed by atoms with Crippen LogP contribution >= 0.6 is 0 Å². The fourth-order valence-electron chi connectivity index (χ4n) is 5.35. The number of rotatable bonds is 6. The van der Waals surface area contributed by atoms with Crippen molar-refractivity contribution in [1.29, 1.82) is 0 Å². The van der Waals surface area contributed by atoms with E-state index in [1.165, 1.54) is 19.3 Å². The molecule has 1 aliphatic heterocycles. The quantitative estimate of drug-likeness (QED) is 0.483. The van der Waals surface area contributed by atoms with Crippen molar-refractivity contribution in [3.63, 3.8) is 0 Å². The van der Waals surface area contributed by atoms with Crippen LogP contribution in [0.4, 0.5) is 0 Å². The molecule has 1 saturated carbocycles. The van der Waals surface area contributed by atoms with Gasteiger partial charge in [-0.1, -0.05) is 31.9 Å². The monoisotopic (exact) mass is 357 g/mol. The molecular formula is C21H31N3O2. The number of fused-ring (bicyclic) bond motifs is 2. The molecule has 2 aliphatic carbocycles. The summed E-state index contributed by atoms with van der Waals surface area (Å²) in [5.74, 6) is 0.870. The highest BCUT2D eigenvalue weighted by atomic mass is 16.6. The summed E-state index contributed by atoms with van der Waals surface area (Å²) >= 11 is 0. The van der Waals surface area contributed by atoms with Crippen molar-refractivity contribution in [1.82, 2.24) is 14.9 Å². The number of hydrogen-bond donors (Lipinski definition) is 1. The molecule has 1 unspecified atom stereocenters. The second-order valence-corrected chi connectivity index (χ2v) is 8.70. The Bertz CT molecular complexity index is 669. The van der Waals surface area contributed by atoms with Crippen LogP contribution in [0.15, 0.2) is 30.4 Å². The summed E-state index contributed by atoms with van der Waals surface area (Å²) in [6, 6.07) is 0. The van der Waals surface area contributed by atoms with E-state index in [1.54, 1.807) is 11.8 Å². The highest BCUT2D eigenvalue weighted by Gasteiger charge is 2.51. The van der Waals surface area contributed by atoms with E-state index < -0.39 is 0 Å². The molecule has 0 amide bonds. The first-order valence-corrected chi connectivity index (χ1v) is 10.2. The molecule has 4 rings (SSSR count). The number of imidazole rings is 1. The molecule has 1 aromatic heterocycles. The Morgan fingerprint density at radius 2 is 2.35 bits per heavy atom. The Morgan fingerprint density at radius 3 is 3.15 bits per heavy atom. The van der Waals surface area contributed by atoms with Crippen LogP contribution in [0.25, 0.3) is 0 Å². The van der Waals surface area contributed by atoms with E-state index in [1.807, 2.05) is 12.5 Å². The predicted molar refractivity (Wildman–Crippen MR) is 100 cm³/mol. The second-order valence-electron chi connectivity index (χ2n) is 8.70. The highest BCUT2D eigenvalue weighted by molar-refractivity contribution is 5.76. The van der Waals surface area contributed by atoms with Gasteiger partial charge in [-0.25, -0.2) is 4.98 Å². The van der Waals surface area contributed by atoms with Gasteiger partial charge in [0.05, 0.1) is 12.2 Å². The van der Waals surface area contributed by atoms with Crippen LogP contribution in [-0.2, 0) is 16.1 Å². The summed E-state index contributed by atoms with van der Waals surface area (Å²) in [6.45, 7) is 7.31. The molecule has 1 saturated heterocycles. The summed E-state index contributed by atoms with van der Waals surface area (Å²) < 4.78 is 7.89. The number of aryl methyl sites for hydroxylation is 1. The zero-order chi connectivity index (χ0) is 18.1. The lowest BCUT2D eigenvalue weighted by molar-refractivity contribution is -0.145. The highest BCUT2D eigenvalue weighted by Crippen LogP contribution is 2.53. The van der Waals surface area contributed by atoms with E-state index in [0.717, 1.165) is 32.5 Å². The lowest BCUT2D eigenvalue weighted by Crippen LogP contribution is -2.40. The predicted octanol–water partition coefficient (Wildman–Crippen LogP) is 3.18. The van der Waals surface area contributed by atoms with Gasteiger partial charge in [0.25, 0.3) is 0 Å². The van der Waals surface area contributed by atoms with Crippen molar-refractivity contribution in [2.24, 2.45) is 23.2 Å². The number of esters is 1. The first kappa shape index (κ1) is 17.8. The molecule has 2 heterocycles. The number of carbonyl (C=O) groups is 1. The van der Waals surface area contributed by atoms with Crippen LogP contribution in [0, 0.1) is 23.2 Å². The standard InChI is InChI=1S/C21H31N3O2/c1-15-5-3-6-21(2)12-19-16(11-18(15)21)17(20(25)26-19)13-22-7-4-9-24-10-8-23-14-24/h8,10-11,14-17,19,22H,3-7,9,12-13H2,1-2H3/t15-,16+,17?,19+,21+/m0/s1. The maximum atomic E-state index is 12.5. The van der Waals surface area contributed by atoms with Gasteiger partial charge in [0.15, 0.2) is 0 Å². The van der Waals surface area contributed by atoms with Crippen LogP contribution in [0.1, 0.15) is 46.0 Å². The van der Waals surface area contributed by atoms with Gasteiger partial charge in [-0.3, -0.25) is 4.79 Å². The molecule has 0 aromatic carbocycles. The van der Waals surface area contributed by atoms with Gasteiger partial charge in [0.1, 0.15) is 6.10 Å². The van der Waals surface area contributed by atoms with Crippen molar-refractivity contribution >= 4 is 5.97 Å². The maximum Gasteiger partial charge on any atom is 0.311 e. The maximum absolute atomic E-state index is 12.5. The molecule has 0 bridgehead atoms. The summed E-state index contributed by atoms with van der Waals surface area (Å²) in [4.78, 5) is 16.5. The Balaban J connectivity index is 1.35. The molecule has 142 valence electrons. The minimum atomic E-state index is -0.0283. The molecule has 3 aliphatic rings. The van der Waals surface area contributed by atoms with E-state index in [2.05, 4.69) is 34.8 Å². The van der Waals surface area contributed by atoms with Crippen LogP contribution in [0.5, 0.6) is 0 Å². The normalized spacial score (nSPS) is 36.2. The van der Waals surface area contributed by atoms with Crippen LogP contribution in [0.2, 0.25) is 0 Å². The lowest BCUT2D eigenvalue weighted by atomic mass is 9.59. The molecular weight excluding hydrogens is 326 g/mol. The van der Waals surface area contributed by atoms with Gasteiger partial charge in [-0.15, -0.1) is 0 Å². The van der Waals surface area contributed by atoms with Crippen molar-refractivity contribution < 1.29 is 9.53 Å². The molecule has 0 spiro atoms. The molecule has 0 radical (unpaired) electrons. The number of ether oxygens (including phenoxy) is 1. The van der Waals surface area contributed by atoms with Gasteiger partial charge in [-0.05, 0) is 43.6 Å². The molecule has 26 heavy (non-hydrogen) atoms. The Kier molecular flexibility index (Phi) is 4.91. The molecule has 5 nitrogen and oxygen atoms in total. The zero-order valence-corrected chi connectivity index (χ0v) is 16.0. The number of nitrogens with one attached hydrogen (secondary N) is 1. The van der Waals surface area contributed by atoms with Gasteiger partial charge in [-0.2, -0.15) is 0 Å². The zero-order valence-electron chi connectivity index (χ0n) is 16.0. The fraction of sp³-hybridized carbons (Fsp3) is 0.714. The Labute approximate surface area is 156 Å². The molecule has 5 heteroatoms. The molecule has 1 aromatic rings. The minimum absolute atomic E-state index is 0.00569. The summed E-state index contributed by atoms with van der Waals surface area (Å²) in [5, 5.41) is 3.48. The van der Waals surface area contributed by atoms with Crippen molar-refractivity contribution in [2.75, 3.05) is 13.1 Å². The van der Waals surface area contributed by atoms with E-state index in [4.69, 9.17) is 4.74 Å². The van der Waals surface area contributed by atoms with Gasteiger partial charge >= 0.3 is 5.97 Å². The van der Waals surface area contributed by atoms with Crippen molar-refractivity contribution in [3.05, 3.63) is 30.4 Å². The lowest BCUT2D eigenvalue weighted by Gasteiger charge is -2.46. The smallest absolute Gasteiger partial charge is 0.311 e. The molecule has 2 fully saturated rings. The SMILES string of the molecule is C[C@H]1CCC[C@]2(C)C[C@H]3OC(=O)C(CNCCCn4ccnc4)[C@H]3C=C12. The number of hydrogen-bond acceptors (Lipinski definition) is 4. The molecule has 1 N–H and O–H groups in total. The van der Waals surface area contributed by atoms with E-state index >= 15 is 0 Å². The average molecular weight is 357 g/mol. The average Bonchev–Trinajstić information content (AvgIpc) is 3.21. The summed E-state index contributed by atoms with van der Waals surface area (Å²) in [6.07, 6.45) is 14.0. The Hall–Kier alpha value is -1.62. The van der Waals surface area contributed by atoms with Gasteiger partial charge < -0.3 is 14.6 Å². The van der Waals surface area contributed by atoms with Crippen LogP contribution in [-0.4, -0.2) is 34.7 Å². The van der Waals surface area contributed by atoms with E-state index in [0.29, 0.717) is 5.92 Å². The van der Waals surface area contributed by atoms with Gasteiger partial charge in [0.2, 0.25) is 0 Å². The van der Waals surface area contributed by atoms with E-state index in [-0.39, 0.29) is 29.3 Å². The largest absolute Gasteiger partial charge is 0.461 e. The first-order valence-electron chi connectivity index (χ1n) is 10.2. The third kappa shape index (κ3) is 3.34. The third-order valence-corrected chi connectivity index (χ3v) is 6.77. The van der Waals surface area contributed by atoms with Crippen LogP contribution in [0.3, 0.4) is 0 Å². The van der Waals surface area contributed by atoms with Crippen molar-refractivity contribution in [2.45, 2.75) is 58.6 Å².